The van der Waals surface area contributed by atoms with Crippen LogP contribution in [0.25, 0.3) is 0 Å². The van der Waals surface area contributed by atoms with Crippen molar-refractivity contribution in [3.63, 3.8) is 0 Å². The number of nitrogens with zero attached hydrogens (tertiary/aromatic N) is 1. The summed E-state index contributed by atoms with van der Waals surface area (Å²) in [6.07, 6.45) is 0. The van der Waals surface area contributed by atoms with Gasteiger partial charge in [0.05, 0.1) is 6.54 Å². The normalized spacial score (nSPS) is 9.12. The third-order valence-corrected chi connectivity index (χ3v) is 2.13. The number of hydrogen-bond donors (Lipinski definition) is 2. The van der Waals surface area contributed by atoms with Gasteiger partial charge in [-0.3, -0.25) is 0 Å². The molecular formula is C12H15N3O. The number of carbonyl (C=O) groups is 1. The molecule has 0 unspecified atom stereocenters. The van der Waals surface area contributed by atoms with Crippen LogP contribution in [0.3, 0.4) is 0 Å². The highest BCUT2D eigenvalue weighted by atomic mass is 16.2. The molecule has 0 saturated carbocycles. The monoisotopic (exact) mass is 217 g/mol. The van der Waals surface area contributed by atoms with Gasteiger partial charge in [0.25, 0.3) is 0 Å². The number of amides is 2. The summed E-state index contributed by atoms with van der Waals surface area (Å²) in [6, 6.07) is 7.15. The van der Waals surface area contributed by atoms with E-state index in [2.05, 4.69) is 11.8 Å². The van der Waals surface area contributed by atoms with Crippen molar-refractivity contribution in [1.29, 1.82) is 0 Å². The van der Waals surface area contributed by atoms with Crippen molar-refractivity contribution in [2.24, 2.45) is 11.5 Å². The molecule has 0 bridgehead atoms. The zero-order valence-corrected chi connectivity index (χ0v) is 9.23. The van der Waals surface area contributed by atoms with Crippen LogP contribution in [0.5, 0.6) is 0 Å². The Morgan fingerprint density at radius 3 is 2.75 bits per heavy atom. The van der Waals surface area contributed by atoms with E-state index in [1.807, 2.05) is 24.3 Å². The highest BCUT2D eigenvalue weighted by Gasteiger charge is 2.06. The lowest BCUT2D eigenvalue weighted by Crippen LogP contribution is -2.31. The molecule has 0 aliphatic carbocycles. The molecule has 1 rings (SSSR count). The minimum absolute atomic E-state index is 0.319. The molecular weight excluding hydrogens is 202 g/mol. The van der Waals surface area contributed by atoms with Crippen molar-refractivity contribution in [3.05, 3.63) is 35.4 Å². The maximum atomic E-state index is 10.9. The number of nitrogens with two attached hydrogens (primary N) is 2. The van der Waals surface area contributed by atoms with Gasteiger partial charge in [-0.1, -0.05) is 30.0 Å². The van der Waals surface area contributed by atoms with Gasteiger partial charge in [0.15, 0.2) is 0 Å². The van der Waals surface area contributed by atoms with Gasteiger partial charge in [0.1, 0.15) is 0 Å². The summed E-state index contributed by atoms with van der Waals surface area (Å²) >= 11 is 0. The van der Waals surface area contributed by atoms with Crippen LogP contribution in [0.4, 0.5) is 4.79 Å². The first-order valence-corrected chi connectivity index (χ1v) is 4.92. The zero-order chi connectivity index (χ0) is 12.0. The first-order chi connectivity index (χ1) is 7.65. The number of primary amides is 1. The van der Waals surface area contributed by atoms with Crippen LogP contribution in [0.1, 0.15) is 11.1 Å². The van der Waals surface area contributed by atoms with Crippen molar-refractivity contribution in [1.82, 2.24) is 4.90 Å². The molecule has 2 amide bonds. The fourth-order valence-corrected chi connectivity index (χ4v) is 1.26. The Labute approximate surface area is 95.2 Å². The standard InChI is InChI=1S/C12H15N3O/c1-15(12(14)16)9-11-6-3-2-5-10(11)7-4-8-13/h2-3,5-6H,8-9,13H2,1H3,(H2,14,16). The SMILES string of the molecule is CN(Cc1ccccc1C#CCN)C(N)=O. The van der Waals surface area contributed by atoms with E-state index >= 15 is 0 Å². The van der Waals surface area contributed by atoms with E-state index in [1.54, 1.807) is 7.05 Å². The number of rotatable bonds is 2. The minimum atomic E-state index is -0.457. The fraction of sp³-hybridized carbons (Fsp3) is 0.250. The van der Waals surface area contributed by atoms with Gasteiger partial charge < -0.3 is 16.4 Å². The molecule has 0 aliphatic heterocycles. The topological polar surface area (TPSA) is 72.3 Å². The molecule has 0 spiro atoms. The molecule has 4 N–H and O–H groups in total. The van der Waals surface area contributed by atoms with Gasteiger partial charge in [-0.05, 0) is 11.6 Å². The molecule has 0 fully saturated rings. The molecule has 4 heteroatoms. The van der Waals surface area contributed by atoms with Crippen LogP contribution in [-0.2, 0) is 6.54 Å². The quantitative estimate of drug-likeness (QED) is 0.708. The minimum Gasteiger partial charge on any atom is -0.351 e. The molecule has 1 aromatic carbocycles. The molecule has 0 aliphatic rings. The third-order valence-electron chi connectivity index (χ3n) is 2.13. The van der Waals surface area contributed by atoms with E-state index in [0.29, 0.717) is 13.1 Å². The van der Waals surface area contributed by atoms with Crippen molar-refractivity contribution in [3.8, 4) is 11.8 Å². The molecule has 0 saturated heterocycles. The maximum absolute atomic E-state index is 10.9. The largest absolute Gasteiger partial charge is 0.351 e. The Hall–Kier alpha value is -1.99. The second-order valence-corrected chi connectivity index (χ2v) is 3.36. The predicted molar refractivity (Wildman–Crippen MR) is 63.4 cm³/mol. The summed E-state index contributed by atoms with van der Waals surface area (Å²) in [4.78, 5) is 12.4. The van der Waals surface area contributed by atoms with Gasteiger partial charge in [-0.2, -0.15) is 0 Å². The summed E-state index contributed by atoms with van der Waals surface area (Å²) in [5, 5.41) is 0. The third kappa shape index (κ3) is 3.30. The Kier molecular flexibility index (Phi) is 4.37. The average Bonchev–Trinajstić information content (AvgIpc) is 2.27. The van der Waals surface area contributed by atoms with Crippen LogP contribution in [-0.4, -0.2) is 24.5 Å². The lowest BCUT2D eigenvalue weighted by molar-refractivity contribution is 0.216. The summed E-state index contributed by atoms with van der Waals surface area (Å²) < 4.78 is 0. The Bertz CT molecular complexity index is 431. The number of benzene rings is 1. The van der Waals surface area contributed by atoms with Gasteiger partial charge in [0, 0.05) is 19.2 Å². The lowest BCUT2D eigenvalue weighted by atomic mass is 10.1. The Morgan fingerprint density at radius 1 is 1.44 bits per heavy atom. The van der Waals surface area contributed by atoms with Crippen molar-refractivity contribution in [2.45, 2.75) is 6.54 Å². The Morgan fingerprint density at radius 2 is 2.12 bits per heavy atom. The molecule has 1 aromatic rings. The molecule has 0 atom stereocenters. The molecule has 0 heterocycles. The molecule has 0 aromatic heterocycles. The van der Waals surface area contributed by atoms with Gasteiger partial charge in [-0.15, -0.1) is 0 Å². The maximum Gasteiger partial charge on any atom is 0.314 e. The van der Waals surface area contributed by atoms with Crippen LogP contribution in [0.15, 0.2) is 24.3 Å². The highest BCUT2D eigenvalue weighted by Crippen LogP contribution is 2.09. The summed E-state index contributed by atoms with van der Waals surface area (Å²) in [5.41, 5.74) is 12.3. The van der Waals surface area contributed by atoms with Crippen LogP contribution >= 0.6 is 0 Å². The summed E-state index contributed by atoms with van der Waals surface area (Å²) in [5.74, 6) is 5.75. The van der Waals surface area contributed by atoms with E-state index in [1.165, 1.54) is 4.90 Å². The molecule has 0 radical (unpaired) electrons. The van der Waals surface area contributed by atoms with Crippen LogP contribution in [0.2, 0.25) is 0 Å². The van der Waals surface area contributed by atoms with E-state index in [0.717, 1.165) is 11.1 Å². The fourth-order valence-electron chi connectivity index (χ4n) is 1.26. The Balaban J connectivity index is 2.91. The first-order valence-electron chi connectivity index (χ1n) is 4.92. The number of hydrogen-bond acceptors (Lipinski definition) is 2. The van der Waals surface area contributed by atoms with Gasteiger partial charge >= 0.3 is 6.03 Å². The van der Waals surface area contributed by atoms with Gasteiger partial charge in [0.2, 0.25) is 0 Å². The van der Waals surface area contributed by atoms with E-state index < -0.39 is 6.03 Å². The average molecular weight is 217 g/mol. The predicted octanol–water partition coefficient (Wildman–Crippen LogP) is 0.507. The number of urea groups is 1. The van der Waals surface area contributed by atoms with Crippen molar-refractivity contribution < 1.29 is 4.79 Å². The smallest absolute Gasteiger partial charge is 0.314 e. The summed E-state index contributed by atoms with van der Waals surface area (Å²) in [7, 11) is 1.65. The van der Waals surface area contributed by atoms with E-state index in [4.69, 9.17) is 11.5 Å². The zero-order valence-electron chi connectivity index (χ0n) is 9.23. The van der Waals surface area contributed by atoms with E-state index in [-0.39, 0.29) is 0 Å². The second kappa shape index (κ2) is 5.79. The molecule has 84 valence electrons. The van der Waals surface area contributed by atoms with Gasteiger partial charge in [-0.25, -0.2) is 4.79 Å². The van der Waals surface area contributed by atoms with E-state index in [9.17, 15) is 4.79 Å². The second-order valence-electron chi connectivity index (χ2n) is 3.36. The summed E-state index contributed by atoms with van der Waals surface area (Å²) in [6.45, 7) is 0.769. The first kappa shape index (κ1) is 12.1. The molecule has 16 heavy (non-hydrogen) atoms. The van der Waals surface area contributed by atoms with Crippen molar-refractivity contribution in [2.75, 3.05) is 13.6 Å². The number of carbonyl (C=O) groups excluding carboxylic acids is 1. The van der Waals surface area contributed by atoms with Crippen LogP contribution < -0.4 is 11.5 Å². The lowest BCUT2D eigenvalue weighted by Gasteiger charge is -2.15. The van der Waals surface area contributed by atoms with Crippen molar-refractivity contribution >= 4 is 6.03 Å². The molecule has 4 nitrogen and oxygen atoms in total. The highest BCUT2D eigenvalue weighted by molar-refractivity contribution is 5.71. The van der Waals surface area contributed by atoms with Crippen LogP contribution in [0, 0.1) is 11.8 Å².